The average molecular weight is 491 g/mol. The molecule has 184 valence electrons. The predicted molar refractivity (Wildman–Crippen MR) is 142 cm³/mol. The topological polar surface area (TPSA) is 53.2 Å². The van der Waals surface area contributed by atoms with Crippen LogP contribution in [-0.4, -0.2) is 39.9 Å². The number of imidazole rings is 1. The summed E-state index contributed by atoms with van der Waals surface area (Å²) in [4.78, 5) is 4.89. The highest BCUT2D eigenvalue weighted by atomic mass is 32.1. The summed E-state index contributed by atoms with van der Waals surface area (Å²) < 4.78 is 18.3. The second-order valence-corrected chi connectivity index (χ2v) is 10.7. The van der Waals surface area contributed by atoms with Crippen LogP contribution in [0.1, 0.15) is 50.1 Å². The normalized spacial score (nSPS) is 18.9. The van der Waals surface area contributed by atoms with E-state index >= 15 is 0 Å². The van der Waals surface area contributed by atoms with Gasteiger partial charge in [0.15, 0.2) is 5.82 Å². The molecule has 0 radical (unpaired) electrons. The SMILES string of the molecule is Cn1c(-c2ncc(C3CCC3)n2CCOc2ccc(OC3CCCNCC3)cc2)cc2sccc21. The van der Waals surface area contributed by atoms with Gasteiger partial charge < -0.3 is 23.9 Å². The van der Waals surface area contributed by atoms with E-state index in [-0.39, 0.29) is 0 Å². The predicted octanol–water partition coefficient (Wildman–Crippen LogP) is 5.97. The Morgan fingerprint density at radius 3 is 2.69 bits per heavy atom. The monoisotopic (exact) mass is 490 g/mol. The van der Waals surface area contributed by atoms with E-state index in [1.807, 2.05) is 24.3 Å². The van der Waals surface area contributed by atoms with Crippen molar-refractivity contribution in [2.24, 2.45) is 7.05 Å². The Morgan fingerprint density at radius 2 is 1.89 bits per heavy atom. The van der Waals surface area contributed by atoms with Gasteiger partial charge in [-0.2, -0.15) is 0 Å². The third-order valence-electron chi connectivity index (χ3n) is 7.54. The maximum Gasteiger partial charge on any atom is 0.157 e. The van der Waals surface area contributed by atoms with E-state index in [2.05, 4.69) is 45.2 Å². The summed E-state index contributed by atoms with van der Waals surface area (Å²) in [6, 6.07) is 12.6. The van der Waals surface area contributed by atoms with Gasteiger partial charge in [0.25, 0.3) is 0 Å². The molecule has 1 N–H and O–H groups in total. The van der Waals surface area contributed by atoms with Crippen LogP contribution in [0.15, 0.2) is 48.0 Å². The first-order chi connectivity index (χ1) is 17.3. The molecule has 1 saturated carbocycles. The first-order valence-corrected chi connectivity index (χ1v) is 13.8. The Labute approximate surface area is 210 Å². The first kappa shape index (κ1) is 22.7. The van der Waals surface area contributed by atoms with Gasteiger partial charge in [0.2, 0.25) is 0 Å². The molecule has 2 fully saturated rings. The maximum absolute atomic E-state index is 6.20. The van der Waals surface area contributed by atoms with Crippen LogP contribution in [-0.2, 0) is 13.6 Å². The quantitative estimate of drug-likeness (QED) is 0.331. The molecule has 0 amide bonds. The number of nitrogens with zero attached hydrogens (tertiary/aromatic N) is 3. The van der Waals surface area contributed by atoms with Gasteiger partial charge in [0.1, 0.15) is 18.1 Å². The van der Waals surface area contributed by atoms with E-state index in [4.69, 9.17) is 14.5 Å². The summed E-state index contributed by atoms with van der Waals surface area (Å²) in [6.45, 7) is 3.52. The summed E-state index contributed by atoms with van der Waals surface area (Å²) in [6.07, 6.45) is 9.57. The molecule has 2 aliphatic rings. The molecular weight excluding hydrogens is 456 g/mol. The molecule has 3 aromatic heterocycles. The van der Waals surface area contributed by atoms with Crippen molar-refractivity contribution in [2.45, 2.75) is 57.1 Å². The van der Waals surface area contributed by atoms with Gasteiger partial charge in [0, 0.05) is 24.9 Å². The van der Waals surface area contributed by atoms with E-state index in [0.717, 1.165) is 49.8 Å². The Bertz CT molecular complexity index is 1260. The molecule has 1 atom stereocenters. The molecule has 4 aromatic rings. The Balaban J connectivity index is 1.14. The smallest absolute Gasteiger partial charge is 0.157 e. The van der Waals surface area contributed by atoms with Crippen molar-refractivity contribution < 1.29 is 9.47 Å². The minimum atomic E-state index is 0.300. The van der Waals surface area contributed by atoms with Gasteiger partial charge in [0.05, 0.1) is 28.6 Å². The third-order valence-corrected chi connectivity index (χ3v) is 8.39. The minimum absolute atomic E-state index is 0.300. The summed E-state index contributed by atoms with van der Waals surface area (Å²) in [5.41, 5.74) is 3.79. The van der Waals surface area contributed by atoms with E-state index in [1.54, 1.807) is 11.3 Å². The number of hydrogen-bond acceptors (Lipinski definition) is 5. The fraction of sp³-hybridized carbons (Fsp3) is 0.464. The number of nitrogens with one attached hydrogen (secondary N) is 1. The summed E-state index contributed by atoms with van der Waals surface area (Å²) in [5, 5.41) is 5.59. The lowest BCUT2D eigenvalue weighted by atomic mass is 9.83. The fourth-order valence-electron chi connectivity index (χ4n) is 5.29. The molecule has 1 aromatic carbocycles. The highest BCUT2D eigenvalue weighted by Crippen LogP contribution is 2.39. The second-order valence-electron chi connectivity index (χ2n) is 9.79. The van der Waals surface area contributed by atoms with Crippen molar-refractivity contribution in [1.29, 1.82) is 0 Å². The summed E-state index contributed by atoms with van der Waals surface area (Å²) >= 11 is 1.78. The van der Waals surface area contributed by atoms with Crippen LogP contribution >= 0.6 is 11.3 Å². The molecule has 6 rings (SSSR count). The second kappa shape index (κ2) is 10.1. The van der Waals surface area contributed by atoms with Crippen molar-refractivity contribution in [1.82, 2.24) is 19.4 Å². The highest BCUT2D eigenvalue weighted by molar-refractivity contribution is 7.17. The maximum atomic E-state index is 6.20. The lowest BCUT2D eigenvalue weighted by Crippen LogP contribution is -2.19. The molecule has 1 aliphatic heterocycles. The van der Waals surface area contributed by atoms with E-state index < -0.39 is 0 Å². The molecular formula is C28H34N4O2S. The molecule has 1 unspecified atom stereocenters. The van der Waals surface area contributed by atoms with Gasteiger partial charge in [-0.15, -0.1) is 11.3 Å². The van der Waals surface area contributed by atoms with Crippen LogP contribution in [0.3, 0.4) is 0 Å². The van der Waals surface area contributed by atoms with Crippen LogP contribution in [0.25, 0.3) is 21.7 Å². The van der Waals surface area contributed by atoms with Crippen molar-refractivity contribution >= 4 is 21.6 Å². The van der Waals surface area contributed by atoms with Crippen LogP contribution < -0.4 is 14.8 Å². The van der Waals surface area contributed by atoms with Gasteiger partial charge in [-0.25, -0.2) is 4.98 Å². The number of thiophene rings is 1. The van der Waals surface area contributed by atoms with Crippen LogP contribution in [0.2, 0.25) is 0 Å². The Kier molecular flexibility index (Phi) is 6.53. The van der Waals surface area contributed by atoms with Crippen LogP contribution in [0.4, 0.5) is 0 Å². The number of ether oxygens (including phenoxy) is 2. The van der Waals surface area contributed by atoms with Gasteiger partial charge in [-0.05, 0) is 87.0 Å². The fourth-order valence-corrected chi connectivity index (χ4v) is 6.14. The standard InChI is InChI=1S/C28H34N4O2S/c1-31-24-12-17-35-27(24)18-25(31)28-30-19-26(20-4-2-5-20)32(28)15-16-33-21-7-9-23(10-8-21)34-22-6-3-13-29-14-11-22/h7-10,12,17-20,22,29H,2-6,11,13-16H2,1H3. The Morgan fingerprint density at radius 1 is 1.03 bits per heavy atom. The van der Waals surface area contributed by atoms with Crippen molar-refractivity contribution in [3.05, 3.63) is 53.7 Å². The van der Waals surface area contributed by atoms with Crippen LogP contribution in [0.5, 0.6) is 11.5 Å². The molecule has 1 aliphatic carbocycles. The van der Waals surface area contributed by atoms with Crippen molar-refractivity contribution in [3.63, 3.8) is 0 Å². The average Bonchev–Trinajstić information content (AvgIpc) is 3.47. The zero-order valence-corrected chi connectivity index (χ0v) is 21.2. The molecule has 4 heterocycles. The van der Waals surface area contributed by atoms with Crippen molar-refractivity contribution in [3.8, 4) is 23.0 Å². The number of aryl methyl sites for hydroxylation is 1. The number of aromatic nitrogens is 3. The van der Waals surface area contributed by atoms with E-state index in [0.29, 0.717) is 18.6 Å². The third kappa shape index (κ3) is 4.71. The molecule has 0 spiro atoms. The van der Waals surface area contributed by atoms with E-state index in [9.17, 15) is 0 Å². The summed E-state index contributed by atoms with van der Waals surface area (Å²) in [7, 11) is 2.14. The molecule has 35 heavy (non-hydrogen) atoms. The first-order valence-electron chi connectivity index (χ1n) is 13.0. The summed E-state index contributed by atoms with van der Waals surface area (Å²) in [5.74, 6) is 3.47. The van der Waals surface area contributed by atoms with Gasteiger partial charge >= 0.3 is 0 Å². The number of benzene rings is 1. The molecule has 7 heteroatoms. The molecule has 6 nitrogen and oxygen atoms in total. The highest BCUT2D eigenvalue weighted by Gasteiger charge is 2.26. The number of rotatable bonds is 8. The Hall–Kier alpha value is -2.77. The lowest BCUT2D eigenvalue weighted by molar-refractivity contribution is 0.187. The zero-order chi connectivity index (χ0) is 23.6. The molecule has 0 bridgehead atoms. The van der Waals surface area contributed by atoms with Crippen LogP contribution in [0, 0.1) is 0 Å². The number of fused-ring (bicyclic) bond motifs is 1. The lowest BCUT2D eigenvalue weighted by Gasteiger charge is -2.27. The van der Waals surface area contributed by atoms with Gasteiger partial charge in [-0.1, -0.05) is 6.42 Å². The van der Waals surface area contributed by atoms with Crippen molar-refractivity contribution in [2.75, 3.05) is 19.7 Å². The zero-order valence-electron chi connectivity index (χ0n) is 20.4. The minimum Gasteiger partial charge on any atom is -0.492 e. The van der Waals surface area contributed by atoms with E-state index in [1.165, 1.54) is 47.3 Å². The largest absolute Gasteiger partial charge is 0.492 e. The molecule has 1 saturated heterocycles. The number of hydrogen-bond donors (Lipinski definition) is 1. The van der Waals surface area contributed by atoms with Gasteiger partial charge in [-0.3, -0.25) is 0 Å².